The van der Waals surface area contributed by atoms with E-state index in [2.05, 4.69) is 4.98 Å². The average molecular weight is 282 g/mol. The molecule has 0 aliphatic carbocycles. The first-order chi connectivity index (χ1) is 8.56. The van der Waals surface area contributed by atoms with E-state index < -0.39 is 5.97 Å². The van der Waals surface area contributed by atoms with Crippen molar-refractivity contribution < 1.29 is 9.90 Å². The van der Waals surface area contributed by atoms with Gasteiger partial charge in [-0.2, -0.15) is 0 Å². The van der Waals surface area contributed by atoms with Crippen molar-refractivity contribution in [1.29, 1.82) is 0 Å². The number of hydrogen-bond donors (Lipinski definition) is 1. The van der Waals surface area contributed by atoms with E-state index in [0.717, 1.165) is 21.2 Å². The molecule has 0 saturated carbocycles. The van der Waals surface area contributed by atoms with Crippen LogP contribution in [0, 0.1) is 6.92 Å². The predicted octanol–water partition coefficient (Wildman–Crippen LogP) is 3.32. The summed E-state index contributed by atoms with van der Waals surface area (Å²) in [6.45, 7) is 1.90. The Morgan fingerprint density at radius 2 is 2.17 bits per heavy atom. The molecule has 0 spiro atoms. The number of benzene rings is 1. The van der Waals surface area contributed by atoms with Crippen LogP contribution in [0.1, 0.15) is 21.1 Å². The maximum Gasteiger partial charge on any atom is 0.310 e. The Hall–Kier alpha value is -1.39. The lowest BCUT2D eigenvalue weighted by molar-refractivity contribution is -0.136. The smallest absolute Gasteiger partial charge is 0.310 e. The number of aryl methyl sites for hydroxylation is 1. The van der Waals surface area contributed by atoms with Crippen molar-refractivity contribution >= 4 is 28.9 Å². The molecule has 2 aromatic rings. The normalized spacial score (nSPS) is 10.6. The standard InChI is InChI=1S/C13H12ClNO2S/c1-8-11(18-12(15-8)7-13(16)17)6-9-4-2-3-5-10(9)14/h2-5H,6-7H2,1H3,(H,16,17). The van der Waals surface area contributed by atoms with Gasteiger partial charge in [0.05, 0.1) is 12.1 Å². The summed E-state index contributed by atoms with van der Waals surface area (Å²) in [4.78, 5) is 16.0. The minimum absolute atomic E-state index is 0.0198. The van der Waals surface area contributed by atoms with E-state index in [1.807, 2.05) is 31.2 Å². The van der Waals surface area contributed by atoms with Crippen molar-refractivity contribution in [2.75, 3.05) is 0 Å². The molecule has 0 radical (unpaired) electrons. The second-order valence-electron chi connectivity index (χ2n) is 3.95. The minimum Gasteiger partial charge on any atom is -0.481 e. The van der Waals surface area contributed by atoms with E-state index in [4.69, 9.17) is 16.7 Å². The molecule has 1 N–H and O–H groups in total. The fraction of sp³-hybridized carbons (Fsp3) is 0.231. The molecule has 0 aliphatic heterocycles. The van der Waals surface area contributed by atoms with E-state index >= 15 is 0 Å². The molecule has 1 aromatic carbocycles. The zero-order valence-corrected chi connectivity index (χ0v) is 11.4. The molecule has 0 amide bonds. The van der Waals surface area contributed by atoms with Gasteiger partial charge in [0.1, 0.15) is 5.01 Å². The second-order valence-corrected chi connectivity index (χ2v) is 5.53. The van der Waals surface area contributed by atoms with E-state index in [1.54, 1.807) is 0 Å². The van der Waals surface area contributed by atoms with E-state index in [9.17, 15) is 4.79 Å². The van der Waals surface area contributed by atoms with Gasteiger partial charge in [0.2, 0.25) is 0 Å². The first-order valence-electron chi connectivity index (χ1n) is 5.46. The zero-order valence-electron chi connectivity index (χ0n) is 9.81. The number of halogens is 1. The SMILES string of the molecule is Cc1nc(CC(=O)O)sc1Cc1ccccc1Cl. The third-order valence-electron chi connectivity index (χ3n) is 2.55. The van der Waals surface area contributed by atoms with Crippen LogP contribution in [0.2, 0.25) is 5.02 Å². The van der Waals surface area contributed by atoms with Crippen LogP contribution in [0.5, 0.6) is 0 Å². The number of thiazole rings is 1. The molecular weight excluding hydrogens is 270 g/mol. The molecule has 1 heterocycles. The van der Waals surface area contributed by atoms with Gasteiger partial charge < -0.3 is 5.11 Å². The molecule has 1 aromatic heterocycles. The van der Waals surface area contributed by atoms with Crippen molar-refractivity contribution in [1.82, 2.24) is 4.98 Å². The number of hydrogen-bond acceptors (Lipinski definition) is 3. The molecule has 0 bridgehead atoms. The number of carboxylic acid groups (broad SMARTS) is 1. The molecule has 0 fully saturated rings. The highest BCUT2D eigenvalue weighted by Gasteiger charge is 2.12. The molecule has 0 atom stereocenters. The van der Waals surface area contributed by atoms with Gasteiger partial charge in [0, 0.05) is 16.3 Å². The van der Waals surface area contributed by atoms with Crippen LogP contribution in [0.25, 0.3) is 0 Å². The highest BCUT2D eigenvalue weighted by atomic mass is 35.5. The summed E-state index contributed by atoms with van der Waals surface area (Å²) >= 11 is 7.55. The number of rotatable bonds is 4. The van der Waals surface area contributed by atoms with Gasteiger partial charge in [-0.25, -0.2) is 4.98 Å². The van der Waals surface area contributed by atoms with Crippen molar-refractivity contribution in [3.8, 4) is 0 Å². The highest BCUT2D eigenvalue weighted by Crippen LogP contribution is 2.25. The summed E-state index contributed by atoms with van der Waals surface area (Å²) in [6, 6.07) is 7.65. The minimum atomic E-state index is -0.854. The van der Waals surface area contributed by atoms with Crippen LogP contribution < -0.4 is 0 Å². The molecule has 0 saturated heterocycles. The second kappa shape index (κ2) is 5.50. The van der Waals surface area contributed by atoms with Crippen LogP contribution in [0.3, 0.4) is 0 Å². The summed E-state index contributed by atoms with van der Waals surface area (Å²) in [5.74, 6) is -0.854. The van der Waals surface area contributed by atoms with Gasteiger partial charge in [0.15, 0.2) is 0 Å². The summed E-state index contributed by atoms with van der Waals surface area (Å²) in [5.41, 5.74) is 1.92. The Labute approximate surface area is 114 Å². The molecule has 0 aliphatic rings. The first-order valence-corrected chi connectivity index (χ1v) is 6.66. The maximum absolute atomic E-state index is 10.6. The number of aliphatic carboxylic acids is 1. The predicted molar refractivity (Wildman–Crippen MR) is 72.4 cm³/mol. The first kappa shape index (κ1) is 13.1. The largest absolute Gasteiger partial charge is 0.481 e. The third kappa shape index (κ3) is 3.09. The molecule has 3 nitrogen and oxygen atoms in total. The van der Waals surface area contributed by atoms with Crippen LogP contribution in [-0.2, 0) is 17.6 Å². The van der Waals surface area contributed by atoms with Gasteiger partial charge in [-0.1, -0.05) is 29.8 Å². The summed E-state index contributed by atoms with van der Waals surface area (Å²) < 4.78 is 0. The Bertz CT molecular complexity index is 580. The monoisotopic (exact) mass is 281 g/mol. The lowest BCUT2D eigenvalue weighted by Gasteiger charge is -2.01. The van der Waals surface area contributed by atoms with Crippen molar-refractivity contribution in [2.45, 2.75) is 19.8 Å². The summed E-state index contributed by atoms with van der Waals surface area (Å²) in [5, 5.41) is 10.1. The fourth-order valence-corrected chi connectivity index (χ4v) is 2.96. The van der Waals surface area contributed by atoms with E-state index in [0.29, 0.717) is 11.4 Å². The third-order valence-corrected chi connectivity index (χ3v) is 4.07. The Kier molecular flexibility index (Phi) is 3.99. The molecular formula is C13H12ClNO2S. The Morgan fingerprint density at radius 3 is 2.83 bits per heavy atom. The Morgan fingerprint density at radius 1 is 1.44 bits per heavy atom. The molecule has 18 heavy (non-hydrogen) atoms. The van der Waals surface area contributed by atoms with E-state index in [1.165, 1.54) is 11.3 Å². The highest BCUT2D eigenvalue weighted by molar-refractivity contribution is 7.11. The van der Waals surface area contributed by atoms with Crippen LogP contribution in [0.4, 0.5) is 0 Å². The quantitative estimate of drug-likeness (QED) is 0.935. The van der Waals surface area contributed by atoms with Crippen molar-refractivity contribution in [2.24, 2.45) is 0 Å². The topological polar surface area (TPSA) is 50.2 Å². The number of carbonyl (C=O) groups is 1. The van der Waals surface area contributed by atoms with Crippen LogP contribution >= 0.6 is 22.9 Å². The lowest BCUT2D eigenvalue weighted by atomic mass is 10.1. The zero-order chi connectivity index (χ0) is 13.1. The lowest BCUT2D eigenvalue weighted by Crippen LogP contribution is -1.98. The number of carboxylic acids is 1. The van der Waals surface area contributed by atoms with Gasteiger partial charge in [-0.15, -0.1) is 11.3 Å². The van der Waals surface area contributed by atoms with Crippen LogP contribution in [0.15, 0.2) is 24.3 Å². The summed E-state index contributed by atoms with van der Waals surface area (Å²) in [6.07, 6.45) is 0.677. The molecule has 94 valence electrons. The van der Waals surface area contributed by atoms with Crippen molar-refractivity contribution in [3.63, 3.8) is 0 Å². The Balaban J connectivity index is 2.22. The summed E-state index contributed by atoms with van der Waals surface area (Å²) in [7, 11) is 0. The van der Waals surface area contributed by atoms with Gasteiger partial charge in [-0.05, 0) is 18.6 Å². The van der Waals surface area contributed by atoms with Gasteiger partial charge in [0.25, 0.3) is 0 Å². The van der Waals surface area contributed by atoms with Crippen molar-refractivity contribution in [3.05, 3.63) is 50.4 Å². The number of nitrogens with zero attached hydrogens (tertiary/aromatic N) is 1. The molecule has 2 rings (SSSR count). The molecule has 0 unspecified atom stereocenters. The molecule has 5 heteroatoms. The van der Waals surface area contributed by atoms with Crippen LogP contribution in [-0.4, -0.2) is 16.1 Å². The van der Waals surface area contributed by atoms with Gasteiger partial charge in [-0.3, -0.25) is 4.79 Å². The number of aromatic nitrogens is 1. The van der Waals surface area contributed by atoms with E-state index in [-0.39, 0.29) is 6.42 Å². The van der Waals surface area contributed by atoms with Gasteiger partial charge >= 0.3 is 5.97 Å². The average Bonchev–Trinajstić information content (AvgIpc) is 2.61. The fourth-order valence-electron chi connectivity index (χ4n) is 1.67. The maximum atomic E-state index is 10.6.